The lowest BCUT2D eigenvalue weighted by Crippen LogP contribution is -2.75. The van der Waals surface area contributed by atoms with Crippen LogP contribution in [0, 0.1) is 16.2 Å². The maximum Gasteiger partial charge on any atom is 0.330 e. The van der Waals surface area contributed by atoms with Crippen molar-refractivity contribution in [2.75, 3.05) is 6.61 Å². The van der Waals surface area contributed by atoms with Crippen LogP contribution < -0.4 is 4.74 Å². The van der Waals surface area contributed by atoms with Crippen LogP contribution in [0.2, 0.25) is 0 Å². The molecule has 3 rings (SSSR count). The van der Waals surface area contributed by atoms with Gasteiger partial charge in [0, 0.05) is 11.5 Å². The average Bonchev–Trinajstić information content (AvgIpc) is 2.45. The van der Waals surface area contributed by atoms with Crippen LogP contribution in [-0.2, 0) is 14.3 Å². The summed E-state index contributed by atoms with van der Waals surface area (Å²) >= 11 is 0. The molecule has 2 aliphatic rings. The molecule has 1 heterocycles. The third-order valence-corrected chi connectivity index (χ3v) is 6.10. The highest BCUT2D eigenvalue weighted by atomic mass is 16.6. The van der Waals surface area contributed by atoms with E-state index >= 15 is 0 Å². The number of benzene rings is 1. The van der Waals surface area contributed by atoms with E-state index in [-0.39, 0.29) is 17.9 Å². The van der Waals surface area contributed by atoms with Crippen molar-refractivity contribution in [2.45, 2.75) is 40.5 Å². The van der Waals surface area contributed by atoms with Crippen molar-refractivity contribution in [2.24, 2.45) is 16.2 Å². The number of para-hydroxylation sites is 1. The molecule has 0 aromatic heterocycles. The molecule has 0 unspecified atom stereocenters. The maximum atomic E-state index is 12.8. The Bertz CT molecular complexity index is 659. The lowest BCUT2D eigenvalue weighted by molar-refractivity contribution is -0.237. The van der Waals surface area contributed by atoms with E-state index in [0.29, 0.717) is 5.75 Å². The standard InChI is InChI=1S/C18H22O4/c1-6-21-14(19)18-13(16(2,3)17(18,4)5)11-9-7-8-10-12(11)22-15(18)20/h7-10,13H,6H2,1-5H3/t13-,18+/m1/s1. The molecule has 4 heteroatoms. The molecule has 0 amide bonds. The Labute approximate surface area is 130 Å². The first-order chi connectivity index (χ1) is 10.2. The maximum absolute atomic E-state index is 12.8. The Morgan fingerprint density at radius 2 is 1.86 bits per heavy atom. The molecule has 1 aromatic carbocycles. The molecule has 22 heavy (non-hydrogen) atoms. The minimum Gasteiger partial charge on any atom is -0.465 e. The van der Waals surface area contributed by atoms with Crippen molar-refractivity contribution in [1.29, 1.82) is 0 Å². The van der Waals surface area contributed by atoms with Crippen LogP contribution in [0.5, 0.6) is 5.75 Å². The van der Waals surface area contributed by atoms with E-state index in [4.69, 9.17) is 9.47 Å². The predicted octanol–water partition coefficient (Wildman–Crippen LogP) is 3.30. The third-order valence-electron chi connectivity index (χ3n) is 6.10. The quantitative estimate of drug-likeness (QED) is 0.478. The van der Waals surface area contributed by atoms with Crippen LogP contribution in [0.1, 0.15) is 46.1 Å². The Morgan fingerprint density at radius 3 is 2.50 bits per heavy atom. The van der Waals surface area contributed by atoms with Gasteiger partial charge in [-0.25, -0.2) is 0 Å². The van der Waals surface area contributed by atoms with Gasteiger partial charge in [0.05, 0.1) is 6.61 Å². The smallest absolute Gasteiger partial charge is 0.330 e. The summed E-state index contributed by atoms with van der Waals surface area (Å²) in [6.07, 6.45) is 0. The molecule has 1 aromatic rings. The largest absolute Gasteiger partial charge is 0.465 e. The highest BCUT2D eigenvalue weighted by Crippen LogP contribution is 2.77. The molecule has 0 N–H and O–H groups in total. The van der Waals surface area contributed by atoms with Gasteiger partial charge >= 0.3 is 11.9 Å². The van der Waals surface area contributed by atoms with Gasteiger partial charge in [0.15, 0.2) is 5.41 Å². The van der Waals surface area contributed by atoms with E-state index < -0.39 is 22.8 Å². The van der Waals surface area contributed by atoms with E-state index in [0.717, 1.165) is 5.56 Å². The zero-order valence-corrected chi connectivity index (χ0v) is 13.7. The average molecular weight is 302 g/mol. The first-order valence-electron chi connectivity index (χ1n) is 7.71. The second-order valence-corrected chi connectivity index (χ2v) is 7.24. The van der Waals surface area contributed by atoms with Crippen LogP contribution >= 0.6 is 0 Å². The monoisotopic (exact) mass is 302 g/mol. The number of carbonyl (C=O) groups is 2. The molecule has 1 aliphatic heterocycles. The zero-order chi connectivity index (χ0) is 16.3. The van der Waals surface area contributed by atoms with Crippen molar-refractivity contribution < 1.29 is 19.1 Å². The van der Waals surface area contributed by atoms with Crippen molar-refractivity contribution in [3.63, 3.8) is 0 Å². The summed E-state index contributed by atoms with van der Waals surface area (Å²) in [5, 5.41) is 0. The van der Waals surface area contributed by atoms with E-state index in [9.17, 15) is 9.59 Å². The van der Waals surface area contributed by atoms with Crippen LogP contribution in [0.3, 0.4) is 0 Å². The summed E-state index contributed by atoms with van der Waals surface area (Å²) in [5.41, 5.74) is -1.13. The fraction of sp³-hybridized carbons (Fsp3) is 0.556. The number of rotatable bonds is 2. The van der Waals surface area contributed by atoms with Gasteiger partial charge in [-0.2, -0.15) is 0 Å². The molecule has 0 bridgehead atoms. The second-order valence-electron chi connectivity index (χ2n) is 7.24. The summed E-state index contributed by atoms with van der Waals surface area (Å²) in [7, 11) is 0. The number of hydrogen-bond donors (Lipinski definition) is 0. The Morgan fingerprint density at radius 1 is 1.23 bits per heavy atom. The normalized spacial score (nSPS) is 30.4. The fourth-order valence-electron chi connectivity index (χ4n) is 4.38. The molecule has 1 aliphatic carbocycles. The molecule has 0 saturated heterocycles. The van der Waals surface area contributed by atoms with Gasteiger partial charge in [-0.15, -0.1) is 0 Å². The molecular weight excluding hydrogens is 280 g/mol. The summed E-state index contributed by atoms with van der Waals surface area (Å²) in [6.45, 7) is 10.1. The molecule has 1 fully saturated rings. The molecular formula is C18H22O4. The van der Waals surface area contributed by atoms with Gasteiger partial charge in [-0.3, -0.25) is 9.59 Å². The first kappa shape index (κ1) is 15.1. The van der Waals surface area contributed by atoms with Crippen molar-refractivity contribution in [1.82, 2.24) is 0 Å². The highest BCUT2D eigenvalue weighted by Gasteiger charge is 2.82. The summed E-state index contributed by atoms with van der Waals surface area (Å²) < 4.78 is 10.8. The molecule has 2 atom stereocenters. The van der Waals surface area contributed by atoms with Crippen LogP contribution in [-0.4, -0.2) is 18.5 Å². The van der Waals surface area contributed by atoms with E-state index in [2.05, 4.69) is 13.8 Å². The SMILES string of the molecule is CCOC(=O)[C@]12C(=O)Oc3ccccc3[C@@H]1C(C)(C)C2(C)C. The minimum atomic E-state index is -1.26. The Kier molecular flexibility index (Phi) is 2.97. The predicted molar refractivity (Wildman–Crippen MR) is 81.4 cm³/mol. The summed E-state index contributed by atoms with van der Waals surface area (Å²) in [5.74, 6) is -0.629. The highest BCUT2D eigenvalue weighted by molar-refractivity contribution is 6.06. The molecule has 0 spiro atoms. The van der Waals surface area contributed by atoms with Crippen molar-refractivity contribution in [3.05, 3.63) is 29.8 Å². The molecule has 4 nitrogen and oxygen atoms in total. The Balaban J connectivity index is 2.25. The second kappa shape index (κ2) is 4.34. The van der Waals surface area contributed by atoms with Gasteiger partial charge in [0.25, 0.3) is 0 Å². The van der Waals surface area contributed by atoms with Crippen molar-refractivity contribution in [3.8, 4) is 5.75 Å². The summed E-state index contributed by atoms with van der Waals surface area (Å²) in [4.78, 5) is 25.6. The number of fused-ring (bicyclic) bond motifs is 3. The number of esters is 2. The fourth-order valence-corrected chi connectivity index (χ4v) is 4.38. The number of carbonyl (C=O) groups excluding carboxylic acids is 2. The van der Waals surface area contributed by atoms with E-state index in [1.54, 1.807) is 13.0 Å². The van der Waals surface area contributed by atoms with Gasteiger partial charge in [0.1, 0.15) is 5.75 Å². The lowest BCUT2D eigenvalue weighted by Gasteiger charge is -2.70. The third kappa shape index (κ3) is 1.38. The van der Waals surface area contributed by atoms with E-state index in [1.807, 2.05) is 32.0 Å². The van der Waals surface area contributed by atoms with Gasteiger partial charge in [-0.1, -0.05) is 45.9 Å². The molecule has 0 radical (unpaired) electrons. The van der Waals surface area contributed by atoms with Gasteiger partial charge in [0.2, 0.25) is 0 Å². The van der Waals surface area contributed by atoms with Gasteiger partial charge < -0.3 is 9.47 Å². The molecule has 1 saturated carbocycles. The lowest BCUT2D eigenvalue weighted by atomic mass is 9.31. The number of ether oxygens (including phenoxy) is 2. The first-order valence-corrected chi connectivity index (χ1v) is 7.71. The Hall–Kier alpha value is -1.84. The van der Waals surface area contributed by atoms with Crippen LogP contribution in [0.25, 0.3) is 0 Å². The zero-order valence-electron chi connectivity index (χ0n) is 13.7. The van der Waals surface area contributed by atoms with Crippen LogP contribution in [0.15, 0.2) is 24.3 Å². The molecule has 118 valence electrons. The summed E-state index contributed by atoms with van der Waals surface area (Å²) in [6, 6.07) is 7.47. The van der Waals surface area contributed by atoms with E-state index in [1.165, 1.54) is 0 Å². The topological polar surface area (TPSA) is 52.6 Å². The minimum absolute atomic E-state index is 0.227. The van der Waals surface area contributed by atoms with Gasteiger partial charge in [-0.05, 0) is 23.8 Å². The number of hydrogen-bond acceptors (Lipinski definition) is 4. The van der Waals surface area contributed by atoms with Crippen molar-refractivity contribution >= 4 is 11.9 Å². The van der Waals surface area contributed by atoms with Crippen LogP contribution in [0.4, 0.5) is 0 Å².